The zero-order chi connectivity index (χ0) is 69.3. The van der Waals surface area contributed by atoms with Gasteiger partial charge >= 0.3 is 39.5 Å². The Morgan fingerprint density at radius 1 is 0.330 bits per heavy atom. The number of carbonyl (C=O) groups is 4. The number of hydrogen-bond donors (Lipinski definition) is 3. The van der Waals surface area contributed by atoms with E-state index in [1.807, 2.05) is 0 Å². The molecule has 0 radical (unpaired) electrons. The van der Waals surface area contributed by atoms with Gasteiger partial charge in [-0.15, -0.1) is 0 Å². The molecule has 0 heterocycles. The molecule has 0 aromatic rings. The number of allylic oxidation sites excluding steroid dienone is 4. The van der Waals surface area contributed by atoms with Gasteiger partial charge in [-0.2, -0.15) is 0 Å². The number of esters is 4. The molecule has 94 heavy (non-hydrogen) atoms. The highest BCUT2D eigenvalue weighted by molar-refractivity contribution is 7.47. The summed E-state index contributed by atoms with van der Waals surface area (Å²) in [5, 5.41) is 10.6. The molecule has 0 aliphatic rings. The molecule has 17 nitrogen and oxygen atoms in total. The molecule has 2 unspecified atom stereocenters. The molecular weight excluding hydrogens is 1230 g/mol. The summed E-state index contributed by atoms with van der Waals surface area (Å²) in [6.07, 6.45) is 56.4. The maximum Gasteiger partial charge on any atom is 0.472 e. The van der Waals surface area contributed by atoms with Crippen LogP contribution >= 0.6 is 15.6 Å². The second-order valence-electron chi connectivity index (χ2n) is 27.3. The molecular formula is C75H142O17P2. The maximum absolute atomic E-state index is 13.1. The van der Waals surface area contributed by atoms with Gasteiger partial charge in [-0.25, -0.2) is 9.13 Å². The van der Waals surface area contributed by atoms with Gasteiger partial charge in [-0.1, -0.05) is 310 Å². The third-order valence-corrected chi connectivity index (χ3v) is 18.7. The first kappa shape index (κ1) is 91.5. The Hall–Kier alpha value is -2.46. The van der Waals surface area contributed by atoms with Crippen molar-refractivity contribution in [2.75, 3.05) is 39.6 Å². The predicted octanol–water partition coefficient (Wildman–Crippen LogP) is 21.5. The van der Waals surface area contributed by atoms with Gasteiger partial charge in [0, 0.05) is 25.7 Å². The Labute approximate surface area is 573 Å². The van der Waals surface area contributed by atoms with E-state index in [0.717, 1.165) is 121 Å². The van der Waals surface area contributed by atoms with E-state index in [1.54, 1.807) is 0 Å². The zero-order valence-electron chi connectivity index (χ0n) is 60.7. The van der Waals surface area contributed by atoms with Crippen LogP contribution in [0.4, 0.5) is 0 Å². The Balaban J connectivity index is 5.25. The van der Waals surface area contributed by atoms with Crippen molar-refractivity contribution in [3.63, 3.8) is 0 Å². The minimum atomic E-state index is -4.96. The molecule has 0 saturated heterocycles. The van der Waals surface area contributed by atoms with Crippen LogP contribution < -0.4 is 0 Å². The van der Waals surface area contributed by atoms with Crippen LogP contribution in [0.3, 0.4) is 0 Å². The third kappa shape index (κ3) is 68.1. The van der Waals surface area contributed by atoms with Gasteiger partial charge in [0.1, 0.15) is 19.3 Å². The Morgan fingerprint density at radius 3 is 0.872 bits per heavy atom. The van der Waals surface area contributed by atoms with Gasteiger partial charge in [0.2, 0.25) is 0 Å². The number of aliphatic hydroxyl groups excluding tert-OH is 1. The lowest BCUT2D eigenvalue weighted by Crippen LogP contribution is -2.30. The number of phosphoric ester groups is 2. The standard InChI is InChI=1S/C75H142O17P2/c1-7-9-11-13-15-17-18-19-22-26-29-33-40-46-52-58-73(78)86-64-70(91-74(79)59-53-47-41-34-30-27-24-21-20-23-25-28-32-37-43-49-55-67(3)4)65-89-93(81,82)87-61-69(76)62-88-94(83,84)90-66-71(63-85-72(77)57-51-45-39-31-16-14-12-10-8-2)92-75(80)60-54-48-42-36-35-38-44-50-56-68(5)6/h17-19,22,67-71,76H,7-16,20-21,23-66H2,1-6H3,(H,81,82)(H,83,84)/b18-17-,22-19-/t69-,70-,71-/m1/s1. The predicted molar refractivity (Wildman–Crippen MR) is 381 cm³/mol. The molecule has 0 saturated carbocycles. The van der Waals surface area contributed by atoms with E-state index in [0.29, 0.717) is 25.7 Å². The Bertz CT molecular complexity index is 1910. The minimum Gasteiger partial charge on any atom is -0.462 e. The first-order valence-corrected chi connectivity index (χ1v) is 41.3. The van der Waals surface area contributed by atoms with Crippen LogP contribution in [0.2, 0.25) is 0 Å². The van der Waals surface area contributed by atoms with E-state index < -0.39 is 97.5 Å². The highest BCUT2D eigenvalue weighted by Crippen LogP contribution is 2.45. The van der Waals surface area contributed by atoms with Crippen molar-refractivity contribution in [3.05, 3.63) is 24.3 Å². The summed E-state index contributed by atoms with van der Waals surface area (Å²) in [5.74, 6) is -0.626. The molecule has 0 amide bonds. The van der Waals surface area contributed by atoms with Gasteiger partial charge < -0.3 is 33.8 Å². The van der Waals surface area contributed by atoms with Gasteiger partial charge in [0.25, 0.3) is 0 Å². The minimum absolute atomic E-state index is 0.101. The van der Waals surface area contributed by atoms with Crippen LogP contribution in [-0.4, -0.2) is 96.7 Å². The lowest BCUT2D eigenvalue weighted by Gasteiger charge is -2.21. The number of carbonyl (C=O) groups excluding carboxylic acids is 4. The van der Waals surface area contributed by atoms with Crippen LogP contribution in [0.15, 0.2) is 24.3 Å². The van der Waals surface area contributed by atoms with Crippen LogP contribution in [0, 0.1) is 11.8 Å². The largest absolute Gasteiger partial charge is 0.472 e. The molecule has 0 aromatic carbocycles. The molecule has 0 fully saturated rings. The van der Waals surface area contributed by atoms with E-state index in [1.165, 1.54) is 161 Å². The maximum atomic E-state index is 13.1. The lowest BCUT2D eigenvalue weighted by molar-refractivity contribution is -0.161. The summed E-state index contributed by atoms with van der Waals surface area (Å²) >= 11 is 0. The number of unbranched alkanes of at least 4 members (excludes halogenated alkanes) is 39. The summed E-state index contributed by atoms with van der Waals surface area (Å²) < 4.78 is 68.4. The summed E-state index contributed by atoms with van der Waals surface area (Å²) in [7, 11) is -9.92. The first-order chi connectivity index (χ1) is 45.4. The van der Waals surface area contributed by atoms with Crippen LogP contribution in [-0.2, 0) is 65.4 Å². The fraction of sp³-hybridized carbons (Fsp3) is 0.893. The highest BCUT2D eigenvalue weighted by Gasteiger charge is 2.30. The molecule has 0 bridgehead atoms. The molecule has 0 rings (SSSR count). The summed E-state index contributed by atoms with van der Waals surface area (Å²) in [6, 6.07) is 0. The lowest BCUT2D eigenvalue weighted by atomic mass is 10.0. The van der Waals surface area contributed by atoms with E-state index in [2.05, 4.69) is 65.8 Å². The van der Waals surface area contributed by atoms with Crippen molar-refractivity contribution < 1.29 is 80.2 Å². The third-order valence-electron chi connectivity index (χ3n) is 16.8. The first-order valence-electron chi connectivity index (χ1n) is 38.3. The second kappa shape index (κ2) is 66.4. The van der Waals surface area contributed by atoms with Crippen LogP contribution in [0.25, 0.3) is 0 Å². The number of phosphoric acid groups is 2. The number of hydrogen-bond acceptors (Lipinski definition) is 15. The normalized spacial score (nSPS) is 14.2. The van der Waals surface area contributed by atoms with Crippen molar-refractivity contribution in [3.8, 4) is 0 Å². The second-order valence-corrected chi connectivity index (χ2v) is 30.2. The molecule has 3 N–H and O–H groups in total. The molecule has 19 heteroatoms. The van der Waals surface area contributed by atoms with E-state index in [9.17, 15) is 43.2 Å². The average molecular weight is 1380 g/mol. The molecule has 554 valence electrons. The monoisotopic (exact) mass is 1380 g/mol. The van der Waals surface area contributed by atoms with Crippen molar-refractivity contribution >= 4 is 39.5 Å². The molecule has 0 aliphatic carbocycles. The molecule has 5 atom stereocenters. The zero-order valence-corrected chi connectivity index (χ0v) is 62.5. The number of aliphatic hydroxyl groups is 1. The van der Waals surface area contributed by atoms with E-state index in [-0.39, 0.29) is 25.7 Å². The quantitative estimate of drug-likeness (QED) is 0.0169. The SMILES string of the molecule is CCCCCC/C=C\C=C/CCCCCCCC(=O)OC[C@H](COP(=O)(O)OC[C@@H](O)COP(=O)(O)OC[C@@H](COC(=O)CCCCCCCCCCC)OC(=O)CCCCCCCCCCC(C)C)OC(=O)CCCCCCCCCCCCCCCCCCC(C)C. The highest BCUT2D eigenvalue weighted by atomic mass is 31.2. The van der Waals surface area contributed by atoms with E-state index >= 15 is 0 Å². The Kier molecular flexibility index (Phi) is 64.7. The van der Waals surface area contributed by atoms with Gasteiger partial charge in [0.15, 0.2) is 12.2 Å². The average Bonchev–Trinajstić information content (AvgIpc) is 1.64. The van der Waals surface area contributed by atoms with Crippen molar-refractivity contribution in [1.29, 1.82) is 0 Å². The summed E-state index contributed by atoms with van der Waals surface area (Å²) in [6.45, 7) is 9.49. The van der Waals surface area contributed by atoms with Crippen molar-refractivity contribution in [2.24, 2.45) is 11.8 Å². The topological polar surface area (TPSA) is 237 Å². The van der Waals surface area contributed by atoms with Crippen molar-refractivity contribution in [1.82, 2.24) is 0 Å². The number of ether oxygens (including phenoxy) is 4. The van der Waals surface area contributed by atoms with Gasteiger partial charge in [0.05, 0.1) is 26.4 Å². The smallest absolute Gasteiger partial charge is 0.462 e. The summed E-state index contributed by atoms with van der Waals surface area (Å²) in [5.41, 5.74) is 0. The van der Waals surface area contributed by atoms with E-state index in [4.69, 9.17) is 37.0 Å². The van der Waals surface area contributed by atoms with Crippen molar-refractivity contribution in [2.45, 2.75) is 381 Å². The van der Waals surface area contributed by atoms with Gasteiger partial charge in [-0.05, 0) is 63.2 Å². The van der Waals surface area contributed by atoms with Crippen LogP contribution in [0.1, 0.15) is 363 Å². The molecule has 0 aromatic heterocycles. The fourth-order valence-corrected chi connectivity index (χ4v) is 12.5. The number of rotatable bonds is 72. The van der Waals surface area contributed by atoms with Crippen LogP contribution in [0.5, 0.6) is 0 Å². The fourth-order valence-electron chi connectivity index (χ4n) is 10.9. The molecule has 0 spiro atoms. The Morgan fingerprint density at radius 2 is 0.574 bits per heavy atom. The molecule has 0 aliphatic heterocycles. The summed E-state index contributed by atoms with van der Waals surface area (Å²) in [4.78, 5) is 72.7. The van der Waals surface area contributed by atoms with Gasteiger partial charge in [-0.3, -0.25) is 37.3 Å².